The molecule has 0 saturated heterocycles. The molecule has 0 bridgehead atoms. The molecular weight excluding hydrogens is 472 g/mol. The SMILES string of the molecule is O=C(N[C@@H](CCN(CCCCc1ccc2c(n1)NCCC2)CCOc1ccccc1)C(=O)O)OC1CC1. The van der Waals surface area contributed by atoms with Crippen LogP contribution in [0, 0.1) is 0 Å². The van der Waals surface area contributed by atoms with E-state index in [1.54, 1.807) is 0 Å². The largest absolute Gasteiger partial charge is 0.492 e. The second kappa shape index (κ2) is 13.8. The molecule has 1 atom stereocenters. The number of nitrogens with zero attached hydrogens (tertiary/aromatic N) is 2. The molecule has 1 saturated carbocycles. The highest BCUT2D eigenvalue weighted by Gasteiger charge is 2.28. The molecule has 0 radical (unpaired) electrons. The van der Waals surface area contributed by atoms with Gasteiger partial charge in [-0.15, -0.1) is 0 Å². The number of carboxylic acids is 1. The number of amides is 1. The van der Waals surface area contributed by atoms with E-state index in [1.807, 2.05) is 30.3 Å². The number of anilines is 1. The number of ether oxygens (including phenoxy) is 2. The first-order valence-electron chi connectivity index (χ1n) is 13.4. The molecular formula is C28H38N4O5. The van der Waals surface area contributed by atoms with Gasteiger partial charge in [-0.05, 0) is 81.7 Å². The van der Waals surface area contributed by atoms with Crippen molar-refractivity contribution >= 4 is 17.9 Å². The predicted molar refractivity (Wildman–Crippen MR) is 141 cm³/mol. The van der Waals surface area contributed by atoms with Crippen molar-refractivity contribution in [3.05, 3.63) is 53.7 Å². The lowest BCUT2D eigenvalue weighted by Crippen LogP contribution is -2.44. The average molecular weight is 511 g/mol. The van der Waals surface area contributed by atoms with Crippen LogP contribution in [0.25, 0.3) is 0 Å². The molecule has 2 aromatic rings. The average Bonchev–Trinajstić information content (AvgIpc) is 3.72. The molecule has 3 N–H and O–H groups in total. The number of carbonyl (C=O) groups excluding carboxylic acids is 1. The molecule has 2 aliphatic rings. The molecule has 0 unspecified atom stereocenters. The Morgan fingerprint density at radius 1 is 1.11 bits per heavy atom. The Bertz CT molecular complexity index is 1010. The van der Waals surface area contributed by atoms with Crippen LogP contribution < -0.4 is 15.4 Å². The summed E-state index contributed by atoms with van der Waals surface area (Å²) in [7, 11) is 0. The maximum Gasteiger partial charge on any atom is 0.408 e. The Morgan fingerprint density at radius 2 is 1.95 bits per heavy atom. The lowest BCUT2D eigenvalue weighted by atomic mass is 10.1. The highest BCUT2D eigenvalue weighted by Crippen LogP contribution is 2.23. The standard InChI is InChI=1S/C28H38N4O5/c33-27(34)25(31-28(35)37-24-13-14-24)15-18-32(19-20-36-23-9-2-1-3-10-23)17-5-4-8-22-12-11-21-7-6-16-29-26(21)30-22/h1-3,9-12,24-25H,4-8,13-20H2,(H,29,30)(H,31,35)(H,33,34)/t25-/m0/s1. The van der Waals surface area contributed by atoms with Crippen molar-refractivity contribution in [2.24, 2.45) is 0 Å². The summed E-state index contributed by atoms with van der Waals surface area (Å²) in [4.78, 5) is 30.7. The van der Waals surface area contributed by atoms with Gasteiger partial charge in [0.2, 0.25) is 0 Å². The van der Waals surface area contributed by atoms with Gasteiger partial charge in [0.15, 0.2) is 0 Å². The molecule has 0 spiro atoms. The normalized spacial score (nSPS) is 15.4. The van der Waals surface area contributed by atoms with E-state index in [9.17, 15) is 14.7 Å². The number of pyridine rings is 1. The monoisotopic (exact) mass is 510 g/mol. The third-order valence-corrected chi connectivity index (χ3v) is 6.65. The van der Waals surface area contributed by atoms with Crippen LogP contribution in [0.4, 0.5) is 10.6 Å². The lowest BCUT2D eigenvalue weighted by Gasteiger charge is -2.24. The van der Waals surface area contributed by atoms with Gasteiger partial charge in [0.1, 0.15) is 30.3 Å². The van der Waals surface area contributed by atoms with Crippen molar-refractivity contribution in [2.45, 2.75) is 63.5 Å². The molecule has 9 nitrogen and oxygen atoms in total. The van der Waals surface area contributed by atoms with E-state index in [-0.39, 0.29) is 6.10 Å². The highest BCUT2D eigenvalue weighted by atomic mass is 16.6. The molecule has 4 rings (SSSR count). The van der Waals surface area contributed by atoms with Gasteiger partial charge in [0.25, 0.3) is 0 Å². The smallest absolute Gasteiger partial charge is 0.408 e. The molecule has 1 aliphatic heterocycles. The Morgan fingerprint density at radius 3 is 2.73 bits per heavy atom. The molecule has 9 heteroatoms. The number of aliphatic carboxylic acids is 1. The van der Waals surface area contributed by atoms with Gasteiger partial charge in [-0.3, -0.25) is 4.90 Å². The van der Waals surface area contributed by atoms with Crippen LogP contribution in [0.15, 0.2) is 42.5 Å². The number of aryl methyl sites for hydroxylation is 2. The number of hydrogen-bond acceptors (Lipinski definition) is 7. The number of unbranched alkanes of at least 4 members (excludes halogenated alkanes) is 1. The van der Waals surface area contributed by atoms with Crippen molar-refractivity contribution in [1.29, 1.82) is 0 Å². The number of fused-ring (bicyclic) bond motifs is 1. The van der Waals surface area contributed by atoms with E-state index in [0.717, 1.165) is 75.3 Å². The van der Waals surface area contributed by atoms with Gasteiger partial charge < -0.3 is 25.2 Å². The van der Waals surface area contributed by atoms with Gasteiger partial charge in [0.05, 0.1) is 0 Å². The number of nitrogens with one attached hydrogen (secondary N) is 2. The van der Waals surface area contributed by atoms with Crippen LogP contribution in [0.3, 0.4) is 0 Å². The number of carboxylic acid groups (broad SMARTS) is 1. The zero-order valence-electron chi connectivity index (χ0n) is 21.4. The molecule has 1 fully saturated rings. The summed E-state index contributed by atoms with van der Waals surface area (Å²) in [5, 5.41) is 15.5. The maximum absolute atomic E-state index is 12.0. The van der Waals surface area contributed by atoms with Crippen molar-refractivity contribution in [2.75, 3.05) is 38.1 Å². The number of para-hydroxylation sites is 1. The van der Waals surface area contributed by atoms with Crippen LogP contribution in [-0.4, -0.2) is 72.0 Å². The third-order valence-electron chi connectivity index (χ3n) is 6.65. The molecule has 37 heavy (non-hydrogen) atoms. The number of benzene rings is 1. The summed E-state index contributed by atoms with van der Waals surface area (Å²) in [6.45, 7) is 3.47. The maximum atomic E-state index is 12.0. The van der Waals surface area contributed by atoms with E-state index < -0.39 is 18.1 Å². The van der Waals surface area contributed by atoms with Gasteiger partial charge in [-0.2, -0.15) is 0 Å². The van der Waals surface area contributed by atoms with E-state index in [0.29, 0.717) is 26.1 Å². The summed E-state index contributed by atoms with van der Waals surface area (Å²) < 4.78 is 11.0. The first-order chi connectivity index (χ1) is 18.1. The number of carbonyl (C=O) groups is 2. The second-order valence-electron chi connectivity index (χ2n) is 9.73. The van der Waals surface area contributed by atoms with Crippen molar-refractivity contribution < 1.29 is 24.2 Å². The summed E-state index contributed by atoms with van der Waals surface area (Å²) in [5.41, 5.74) is 2.39. The summed E-state index contributed by atoms with van der Waals surface area (Å²) >= 11 is 0. The minimum Gasteiger partial charge on any atom is -0.492 e. The van der Waals surface area contributed by atoms with Crippen molar-refractivity contribution in [3.63, 3.8) is 0 Å². The van der Waals surface area contributed by atoms with Crippen molar-refractivity contribution in [1.82, 2.24) is 15.2 Å². The molecule has 1 aromatic carbocycles. The first kappa shape index (κ1) is 26.7. The fraction of sp³-hybridized carbons (Fsp3) is 0.536. The molecule has 1 aromatic heterocycles. The zero-order chi connectivity index (χ0) is 25.9. The fourth-order valence-electron chi connectivity index (χ4n) is 4.38. The Kier molecular flexibility index (Phi) is 9.99. The van der Waals surface area contributed by atoms with Gasteiger partial charge >= 0.3 is 12.1 Å². The van der Waals surface area contributed by atoms with E-state index >= 15 is 0 Å². The summed E-state index contributed by atoms with van der Waals surface area (Å²) in [6, 6.07) is 13.0. The lowest BCUT2D eigenvalue weighted by molar-refractivity contribution is -0.139. The predicted octanol–water partition coefficient (Wildman–Crippen LogP) is 3.88. The van der Waals surface area contributed by atoms with Gasteiger partial charge in [-0.25, -0.2) is 14.6 Å². The van der Waals surface area contributed by atoms with E-state index in [2.05, 4.69) is 27.7 Å². The van der Waals surface area contributed by atoms with E-state index in [4.69, 9.17) is 14.5 Å². The molecule has 1 amide bonds. The minimum atomic E-state index is -1.06. The number of aromatic nitrogens is 1. The van der Waals surface area contributed by atoms with Gasteiger partial charge in [0, 0.05) is 25.3 Å². The van der Waals surface area contributed by atoms with Crippen LogP contribution in [0.5, 0.6) is 5.75 Å². The second-order valence-corrected chi connectivity index (χ2v) is 9.73. The number of hydrogen-bond donors (Lipinski definition) is 3. The fourth-order valence-corrected chi connectivity index (χ4v) is 4.38. The Labute approximate surface area is 218 Å². The van der Waals surface area contributed by atoms with Crippen LogP contribution in [0.2, 0.25) is 0 Å². The third kappa shape index (κ3) is 9.24. The topological polar surface area (TPSA) is 113 Å². The Hall–Kier alpha value is -3.33. The van der Waals surface area contributed by atoms with E-state index in [1.165, 1.54) is 5.56 Å². The molecule has 2 heterocycles. The number of alkyl carbamates (subject to hydrolysis) is 1. The van der Waals surface area contributed by atoms with Crippen LogP contribution in [-0.2, 0) is 22.4 Å². The van der Waals surface area contributed by atoms with Crippen LogP contribution >= 0.6 is 0 Å². The first-order valence-corrected chi connectivity index (χ1v) is 13.4. The van der Waals surface area contributed by atoms with Crippen molar-refractivity contribution in [3.8, 4) is 5.75 Å². The van der Waals surface area contributed by atoms with Gasteiger partial charge in [-0.1, -0.05) is 24.3 Å². The quantitative estimate of drug-likeness (QED) is 0.310. The summed E-state index contributed by atoms with van der Waals surface area (Å²) in [6.07, 6.45) is 6.33. The number of rotatable bonds is 15. The zero-order valence-corrected chi connectivity index (χ0v) is 21.4. The van der Waals surface area contributed by atoms with Crippen LogP contribution in [0.1, 0.15) is 49.8 Å². The molecule has 200 valence electrons. The minimum absolute atomic E-state index is 0.0681. The highest BCUT2D eigenvalue weighted by molar-refractivity contribution is 5.79. The Balaban J connectivity index is 1.25. The molecule has 1 aliphatic carbocycles. The summed E-state index contributed by atoms with van der Waals surface area (Å²) in [5.74, 6) is 0.777.